The van der Waals surface area contributed by atoms with Crippen LogP contribution in [0.15, 0.2) is 18.2 Å². The summed E-state index contributed by atoms with van der Waals surface area (Å²) in [5.41, 5.74) is 1.68. The van der Waals surface area contributed by atoms with Crippen molar-refractivity contribution in [1.29, 1.82) is 0 Å². The van der Waals surface area contributed by atoms with Crippen LogP contribution in [0.4, 0.5) is 10.8 Å². The lowest BCUT2D eigenvalue weighted by Gasteiger charge is -2.20. The van der Waals surface area contributed by atoms with Crippen LogP contribution in [0.3, 0.4) is 0 Å². The monoisotopic (exact) mass is 360 g/mol. The SMILES string of the molecule is CC(=O)NC(C(=O)Nc1ccc2nc(N3CCCC3)sc2c1)C(C)C. The highest BCUT2D eigenvalue weighted by Crippen LogP contribution is 2.32. The maximum Gasteiger partial charge on any atom is 0.247 e. The molecule has 1 aromatic heterocycles. The van der Waals surface area contributed by atoms with Crippen LogP contribution in [0, 0.1) is 5.92 Å². The normalized spacial score (nSPS) is 15.6. The molecular formula is C18H24N4O2S. The molecule has 0 radical (unpaired) electrons. The molecule has 1 aliphatic rings. The summed E-state index contributed by atoms with van der Waals surface area (Å²) in [7, 11) is 0. The van der Waals surface area contributed by atoms with E-state index in [-0.39, 0.29) is 17.7 Å². The zero-order chi connectivity index (χ0) is 18.0. The van der Waals surface area contributed by atoms with Crippen molar-refractivity contribution in [1.82, 2.24) is 10.3 Å². The summed E-state index contributed by atoms with van der Waals surface area (Å²) >= 11 is 1.65. The molecule has 2 aromatic rings. The van der Waals surface area contributed by atoms with E-state index in [1.807, 2.05) is 32.0 Å². The van der Waals surface area contributed by atoms with Crippen LogP contribution in [0.1, 0.15) is 33.6 Å². The van der Waals surface area contributed by atoms with Crippen molar-refractivity contribution in [2.75, 3.05) is 23.3 Å². The topological polar surface area (TPSA) is 74.3 Å². The highest BCUT2D eigenvalue weighted by molar-refractivity contribution is 7.22. The Bertz CT molecular complexity index is 780. The molecule has 1 fully saturated rings. The molecule has 1 aromatic carbocycles. The van der Waals surface area contributed by atoms with Crippen LogP contribution < -0.4 is 15.5 Å². The van der Waals surface area contributed by atoms with Gasteiger partial charge in [0.15, 0.2) is 5.13 Å². The first kappa shape index (κ1) is 17.7. The smallest absolute Gasteiger partial charge is 0.247 e. The zero-order valence-corrected chi connectivity index (χ0v) is 15.7. The molecule has 1 saturated heterocycles. The maximum atomic E-state index is 12.5. The van der Waals surface area contributed by atoms with Crippen LogP contribution in [0.2, 0.25) is 0 Å². The van der Waals surface area contributed by atoms with Crippen LogP contribution >= 0.6 is 11.3 Å². The van der Waals surface area contributed by atoms with E-state index in [9.17, 15) is 9.59 Å². The van der Waals surface area contributed by atoms with E-state index >= 15 is 0 Å². The number of fused-ring (bicyclic) bond motifs is 1. The summed E-state index contributed by atoms with van der Waals surface area (Å²) in [6.45, 7) is 7.38. The van der Waals surface area contributed by atoms with Gasteiger partial charge in [0.2, 0.25) is 11.8 Å². The third kappa shape index (κ3) is 4.10. The highest BCUT2D eigenvalue weighted by Gasteiger charge is 2.23. The molecule has 3 rings (SSSR count). The molecule has 2 heterocycles. The lowest BCUT2D eigenvalue weighted by atomic mass is 10.0. The van der Waals surface area contributed by atoms with E-state index in [0.717, 1.165) is 34.1 Å². The summed E-state index contributed by atoms with van der Waals surface area (Å²) in [5, 5.41) is 6.67. The van der Waals surface area contributed by atoms with Crippen molar-refractivity contribution in [3.8, 4) is 0 Å². The van der Waals surface area contributed by atoms with Gasteiger partial charge < -0.3 is 15.5 Å². The molecule has 2 N–H and O–H groups in total. The van der Waals surface area contributed by atoms with Gasteiger partial charge in [0.05, 0.1) is 10.2 Å². The van der Waals surface area contributed by atoms with E-state index in [4.69, 9.17) is 4.98 Å². The molecule has 134 valence electrons. The van der Waals surface area contributed by atoms with Gasteiger partial charge in [-0.05, 0) is 37.0 Å². The van der Waals surface area contributed by atoms with Gasteiger partial charge in [0.1, 0.15) is 6.04 Å². The number of nitrogens with one attached hydrogen (secondary N) is 2. The molecule has 2 amide bonds. The third-order valence-electron chi connectivity index (χ3n) is 4.33. The Balaban J connectivity index is 1.76. The number of carbonyl (C=O) groups excluding carboxylic acids is 2. The van der Waals surface area contributed by atoms with Crippen LogP contribution in [-0.2, 0) is 9.59 Å². The van der Waals surface area contributed by atoms with Crippen LogP contribution in [0.25, 0.3) is 10.2 Å². The summed E-state index contributed by atoms with van der Waals surface area (Å²) in [6.07, 6.45) is 2.44. The highest BCUT2D eigenvalue weighted by atomic mass is 32.1. The Morgan fingerprint density at radius 3 is 2.60 bits per heavy atom. The largest absolute Gasteiger partial charge is 0.348 e. The molecule has 1 unspecified atom stereocenters. The molecule has 0 spiro atoms. The number of hydrogen-bond donors (Lipinski definition) is 2. The number of hydrogen-bond acceptors (Lipinski definition) is 5. The molecule has 0 aliphatic carbocycles. The second-order valence-electron chi connectivity index (χ2n) is 6.78. The second kappa shape index (κ2) is 7.39. The van der Waals surface area contributed by atoms with Crippen LogP contribution in [0.5, 0.6) is 0 Å². The number of aromatic nitrogens is 1. The first-order chi connectivity index (χ1) is 11.9. The van der Waals surface area contributed by atoms with E-state index in [0.29, 0.717) is 0 Å². The van der Waals surface area contributed by atoms with E-state index in [2.05, 4.69) is 15.5 Å². The Labute approximate surface area is 151 Å². The molecule has 7 heteroatoms. The van der Waals surface area contributed by atoms with Gasteiger partial charge in [0.25, 0.3) is 0 Å². The average molecular weight is 360 g/mol. The minimum atomic E-state index is -0.546. The fourth-order valence-electron chi connectivity index (χ4n) is 3.01. The average Bonchev–Trinajstić information content (AvgIpc) is 3.20. The molecule has 0 saturated carbocycles. The number of carbonyl (C=O) groups is 2. The van der Waals surface area contributed by atoms with Gasteiger partial charge in [-0.3, -0.25) is 9.59 Å². The van der Waals surface area contributed by atoms with E-state index in [1.165, 1.54) is 19.8 Å². The minimum absolute atomic E-state index is 0.0119. The van der Waals surface area contributed by atoms with E-state index < -0.39 is 6.04 Å². The Hall–Kier alpha value is -2.15. The van der Waals surface area contributed by atoms with Gasteiger partial charge in [0, 0.05) is 25.7 Å². The zero-order valence-electron chi connectivity index (χ0n) is 14.8. The molecule has 1 aliphatic heterocycles. The van der Waals surface area contributed by atoms with Crippen molar-refractivity contribution < 1.29 is 9.59 Å². The number of benzene rings is 1. The van der Waals surface area contributed by atoms with Gasteiger partial charge in [-0.2, -0.15) is 0 Å². The van der Waals surface area contributed by atoms with Crippen molar-refractivity contribution >= 4 is 44.2 Å². The third-order valence-corrected chi connectivity index (χ3v) is 5.41. The lowest BCUT2D eigenvalue weighted by Crippen LogP contribution is -2.46. The lowest BCUT2D eigenvalue weighted by molar-refractivity contribution is -0.126. The molecule has 0 bridgehead atoms. The van der Waals surface area contributed by atoms with Crippen molar-refractivity contribution in [2.24, 2.45) is 5.92 Å². The van der Waals surface area contributed by atoms with Crippen molar-refractivity contribution in [3.05, 3.63) is 18.2 Å². The minimum Gasteiger partial charge on any atom is -0.348 e. The van der Waals surface area contributed by atoms with Crippen molar-refractivity contribution in [3.63, 3.8) is 0 Å². The predicted molar refractivity (Wildman–Crippen MR) is 102 cm³/mol. The molecule has 25 heavy (non-hydrogen) atoms. The first-order valence-corrected chi connectivity index (χ1v) is 9.49. The Morgan fingerprint density at radius 1 is 1.24 bits per heavy atom. The first-order valence-electron chi connectivity index (χ1n) is 8.67. The Kier molecular flexibility index (Phi) is 5.22. The number of thiazole rings is 1. The van der Waals surface area contributed by atoms with Crippen LogP contribution in [-0.4, -0.2) is 35.9 Å². The quantitative estimate of drug-likeness (QED) is 0.860. The molecule has 6 nitrogen and oxygen atoms in total. The number of anilines is 2. The van der Waals surface area contributed by atoms with Gasteiger partial charge in [-0.25, -0.2) is 4.98 Å². The fourth-order valence-corrected chi connectivity index (χ4v) is 4.06. The molecular weight excluding hydrogens is 336 g/mol. The summed E-state index contributed by atoms with van der Waals surface area (Å²) in [4.78, 5) is 30.8. The number of rotatable bonds is 5. The number of nitrogens with zero attached hydrogens (tertiary/aromatic N) is 2. The van der Waals surface area contributed by atoms with Gasteiger partial charge in [-0.1, -0.05) is 25.2 Å². The van der Waals surface area contributed by atoms with Gasteiger partial charge >= 0.3 is 0 Å². The van der Waals surface area contributed by atoms with Crippen molar-refractivity contribution in [2.45, 2.75) is 39.7 Å². The summed E-state index contributed by atoms with van der Waals surface area (Å²) < 4.78 is 1.06. The summed E-state index contributed by atoms with van der Waals surface area (Å²) in [5.74, 6) is -0.395. The van der Waals surface area contributed by atoms with Gasteiger partial charge in [-0.15, -0.1) is 0 Å². The standard InChI is InChI=1S/C18H24N4O2S/c1-11(2)16(19-12(3)23)17(24)20-13-6-7-14-15(10-13)25-18(21-14)22-8-4-5-9-22/h6-7,10-11,16H,4-5,8-9H2,1-3H3,(H,19,23)(H,20,24). The predicted octanol–water partition coefficient (Wildman–Crippen LogP) is 3.00. The summed E-state index contributed by atoms with van der Waals surface area (Å²) in [6, 6.07) is 5.20. The second-order valence-corrected chi connectivity index (χ2v) is 7.79. The fraction of sp³-hybridized carbons (Fsp3) is 0.500. The number of amides is 2. The van der Waals surface area contributed by atoms with E-state index in [1.54, 1.807) is 11.3 Å². The Morgan fingerprint density at radius 2 is 1.96 bits per heavy atom. The molecule has 1 atom stereocenters. The maximum absolute atomic E-state index is 12.5.